The first kappa shape index (κ1) is 24.7. The molecule has 10 nitrogen and oxygen atoms in total. The van der Waals surface area contributed by atoms with E-state index in [1.54, 1.807) is 30.0 Å². The van der Waals surface area contributed by atoms with Crippen LogP contribution in [0.15, 0.2) is 28.8 Å². The monoisotopic (exact) mass is 483 g/mol. The van der Waals surface area contributed by atoms with Gasteiger partial charge < -0.3 is 30.9 Å². The minimum absolute atomic E-state index is 0.0524. The normalized spacial score (nSPS) is 17.1. The number of piperidine rings is 1. The molecule has 2 aromatic rings. The molecule has 1 aromatic carbocycles. The molecule has 188 valence electrons. The van der Waals surface area contributed by atoms with E-state index >= 15 is 0 Å². The molecule has 1 aromatic heterocycles. The SMILES string of the molecule is Cc1cc(CC(CNC(=O)CN)C(=O)N2CCC(NC(=O)c3cc(C4CC4)on3)CC2)ccc1O. The fraction of sp³-hybridized carbons (Fsp3) is 0.520. The van der Waals surface area contributed by atoms with Crippen LogP contribution < -0.4 is 16.4 Å². The summed E-state index contributed by atoms with van der Waals surface area (Å²) >= 11 is 0. The summed E-state index contributed by atoms with van der Waals surface area (Å²) in [6.45, 7) is 2.85. The number of amides is 3. The minimum Gasteiger partial charge on any atom is -0.508 e. The number of nitrogens with two attached hydrogens (primary N) is 1. The molecule has 2 heterocycles. The number of nitrogens with zero attached hydrogens (tertiary/aromatic N) is 2. The Labute approximate surface area is 204 Å². The molecule has 0 bridgehead atoms. The van der Waals surface area contributed by atoms with E-state index in [0.29, 0.717) is 44.0 Å². The van der Waals surface area contributed by atoms with Gasteiger partial charge in [0.2, 0.25) is 11.8 Å². The van der Waals surface area contributed by atoms with Crippen LogP contribution in [0.5, 0.6) is 5.75 Å². The van der Waals surface area contributed by atoms with Crippen molar-refractivity contribution in [3.05, 3.63) is 46.8 Å². The molecule has 1 saturated heterocycles. The zero-order chi connectivity index (χ0) is 24.9. The van der Waals surface area contributed by atoms with Gasteiger partial charge in [-0.3, -0.25) is 14.4 Å². The number of aromatic hydroxyl groups is 1. The number of phenols is 1. The van der Waals surface area contributed by atoms with Crippen LogP contribution in [0.25, 0.3) is 0 Å². The number of carbonyl (C=O) groups excluding carboxylic acids is 3. The van der Waals surface area contributed by atoms with Gasteiger partial charge in [0.15, 0.2) is 5.69 Å². The van der Waals surface area contributed by atoms with Gasteiger partial charge in [-0.15, -0.1) is 0 Å². The van der Waals surface area contributed by atoms with Gasteiger partial charge >= 0.3 is 0 Å². The van der Waals surface area contributed by atoms with E-state index in [4.69, 9.17) is 10.3 Å². The third kappa shape index (κ3) is 6.39. The van der Waals surface area contributed by atoms with Crippen molar-refractivity contribution in [1.29, 1.82) is 0 Å². The molecule has 3 amide bonds. The fourth-order valence-electron chi connectivity index (χ4n) is 4.40. The van der Waals surface area contributed by atoms with E-state index in [1.165, 1.54) is 0 Å². The average molecular weight is 484 g/mol. The lowest BCUT2D eigenvalue weighted by Crippen LogP contribution is -2.50. The quantitative estimate of drug-likeness (QED) is 0.419. The molecule has 1 aliphatic carbocycles. The summed E-state index contributed by atoms with van der Waals surface area (Å²) in [5, 5.41) is 19.4. The molecule has 0 spiro atoms. The molecule has 1 atom stereocenters. The van der Waals surface area contributed by atoms with E-state index in [-0.39, 0.29) is 42.6 Å². The number of aromatic nitrogens is 1. The van der Waals surface area contributed by atoms with Crippen molar-refractivity contribution in [3.63, 3.8) is 0 Å². The van der Waals surface area contributed by atoms with Gasteiger partial charge in [0.1, 0.15) is 11.5 Å². The second-order valence-electron chi connectivity index (χ2n) is 9.49. The van der Waals surface area contributed by atoms with Crippen LogP contribution in [0.1, 0.15) is 59.0 Å². The molecule has 4 rings (SSSR count). The summed E-state index contributed by atoms with van der Waals surface area (Å²) in [6.07, 6.45) is 3.84. The molecule has 0 radical (unpaired) electrons. The number of likely N-dealkylation sites (tertiary alicyclic amines) is 1. The Hall–Kier alpha value is -3.40. The summed E-state index contributed by atoms with van der Waals surface area (Å²) in [5.41, 5.74) is 7.33. The summed E-state index contributed by atoms with van der Waals surface area (Å²) < 4.78 is 5.27. The Morgan fingerprint density at radius 1 is 1.20 bits per heavy atom. The fourth-order valence-corrected chi connectivity index (χ4v) is 4.40. The lowest BCUT2D eigenvalue weighted by Gasteiger charge is -2.34. The van der Waals surface area contributed by atoms with Gasteiger partial charge in [-0.25, -0.2) is 0 Å². The summed E-state index contributed by atoms with van der Waals surface area (Å²) in [4.78, 5) is 39.4. The number of hydrogen-bond donors (Lipinski definition) is 4. The van der Waals surface area contributed by atoms with Gasteiger partial charge in [-0.05, 0) is 56.2 Å². The highest BCUT2D eigenvalue weighted by atomic mass is 16.5. The molecule has 2 fully saturated rings. The lowest BCUT2D eigenvalue weighted by atomic mass is 9.95. The first-order valence-electron chi connectivity index (χ1n) is 12.2. The highest BCUT2D eigenvalue weighted by Gasteiger charge is 2.31. The van der Waals surface area contributed by atoms with Crippen LogP contribution in [-0.2, 0) is 16.0 Å². The summed E-state index contributed by atoms with van der Waals surface area (Å²) in [7, 11) is 0. The van der Waals surface area contributed by atoms with Crippen LogP contribution in [0, 0.1) is 12.8 Å². The number of hydrogen-bond acceptors (Lipinski definition) is 7. The molecule has 1 aliphatic heterocycles. The van der Waals surface area contributed by atoms with Gasteiger partial charge in [-0.1, -0.05) is 17.3 Å². The van der Waals surface area contributed by atoms with Crippen molar-refractivity contribution in [2.24, 2.45) is 11.7 Å². The maximum Gasteiger partial charge on any atom is 0.273 e. The first-order valence-corrected chi connectivity index (χ1v) is 12.2. The molecule has 2 aliphatic rings. The van der Waals surface area contributed by atoms with Crippen molar-refractivity contribution in [3.8, 4) is 5.75 Å². The zero-order valence-electron chi connectivity index (χ0n) is 20.0. The number of rotatable bonds is 9. The predicted octanol–water partition coefficient (Wildman–Crippen LogP) is 1.22. The van der Waals surface area contributed by atoms with E-state index < -0.39 is 5.92 Å². The highest BCUT2D eigenvalue weighted by molar-refractivity contribution is 5.92. The molecule has 35 heavy (non-hydrogen) atoms. The van der Waals surface area contributed by atoms with Crippen molar-refractivity contribution in [2.45, 2.75) is 51.0 Å². The molecular weight excluding hydrogens is 450 g/mol. The van der Waals surface area contributed by atoms with Crippen LogP contribution in [0.3, 0.4) is 0 Å². The zero-order valence-corrected chi connectivity index (χ0v) is 20.0. The number of nitrogens with one attached hydrogen (secondary N) is 2. The second-order valence-corrected chi connectivity index (χ2v) is 9.49. The van der Waals surface area contributed by atoms with Crippen LogP contribution in [0.4, 0.5) is 0 Å². The Morgan fingerprint density at radius 2 is 1.94 bits per heavy atom. The third-order valence-electron chi connectivity index (χ3n) is 6.71. The van der Waals surface area contributed by atoms with Crippen LogP contribution >= 0.6 is 0 Å². The van der Waals surface area contributed by atoms with Crippen LogP contribution in [-0.4, -0.2) is 65.1 Å². The third-order valence-corrected chi connectivity index (χ3v) is 6.71. The number of benzene rings is 1. The van der Waals surface area contributed by atoms with E-state index in [2.05, 4.69) is 15.8 Å². The van der Waals surface area contributed by atoms with E-state index in [0.717, 1.165) is 29.7 Å². The maximum absolute atomic E-state index is 13.4. The van der Waals surface area contributed by atoms with Crippen molar-refractivity contribution >= 4 is 17.7 Å². The topological polar surface area (TPSA) is 151 Å². The average Bonchev–Trinajstić information content (AvgIpc) is 3.59. The molecule has 10 heteroatoms. The molecular formula is C25H33N5O5. The smallest absolute Gasteiger partial charge is 0.273 e. The molecule has 5 N–H and O–H groups in total. The van der Waals surface area contributed by atoms with E-state index in [9.17, 15) is 19.5 Å². The Bertz CT molecular complexity index is 1070. The molecule has 1 saturated carbocycles. The van der Waals surface area contributed by atoms with Gasteiger partial charge in [0.25, 0.3) is 5.91 Å². The van der Waals surface area contributed by atoms with Gasteiger partial charge in [0, 0.05) is 37.7 Å². The van der Waals surface area contributed by atoms with E-state index in [1.807, 2.05) is 6.07 Å². The van der Waals surface area contributed by atoms with Crippen molar-refractivity contribution < 1.29 is 24.0 Å². The number of carbonyl (C=O) groups is 3. The standard InChI is InChI=1S/C25H33N5O5/c1-15-10-16(2-5-21(15)31)11-18(14-27-23(32)13-26)25(34)30-8-6-19(7-9-30)28-24(33)20-12-22(35-29-20)17-3-4-17/h2,5,10,12,17-19,31H,3-4,6-9,11,13-14,26H2,1H3,(H,27,32)(H,28,33). The number of phenolic OH excluding ortho intramolecular Hbond substituents is 1. The Balaban J connectivity index is 1.33. The van der Waals surface area contributed by atoms with Crippen molar-refractivity contribution in [1.82, 2.24) is 20.7 Å². The van der Waals surface area contributed by atoms with Crippen LogP contribution in [0.2, 0.25) is 0 Å². The molecule has 1 unspecified atom stereocenters. The van der Waals surface area contributed by atoms with Gasteiger partial charge in [0.05, 0.1) is 12.5 Å². The summed E-state index contributed by atoms with van der Waals surface area (Å²) in [5.74, 6) is 0.282. The second kappa shape index (κ2) is 10.9. The van der Waals surface area contributed by atoms with Crippen molar-refractivity contribution in [2.75, 3.05) is 26.2 Å². The minimum atomic E-state index is -0.462. The first-order chi connectivity index (χ1) is 16.8. The highest BCUT2D eigenvalue weighted by Crippen LogP contribution is 2.40. The largest absolute Gasteiger partial charge is 0.508 e. The lowest BCUT2D eigenvalue weighted by molar-refractivity contribution is -0.136. The Kier molecular flexibility index (Phi) is 7.70. The Morgan fingerprint density at radius 3 is 2.60 bits per heavy atom. The summed E-state index contributed by atoms with van der Waals surface area (Å²) in [6, 6.07) is 6.91. The number of aryl methyl sites for hydroxylation is 1. The van der Waals surface area contributed by atoms with Gasteiger partial charge in [-0.2, -0.15) is 0 Å². The predicted molar refractivity (Wildman–Crippen MR) is 128 cm³/mol. The maximum atomic E-state index is 13.4.